The number of likely N-dealkylation sites (tertiary alicyclic amines) is 1. The Morgan fingerprint density at radius 3 is 2.83 bits per heavy atom. The average Bonchev–Trinajstić information content (AvgIpc) is 3.56. The molecule has 2 aliphatic rings. The van der Waals surface area contributed by atoms with Gasteiger partial charge < -0.3 is 19.6 Å². The van der Waals surface area contributed by atoms with Crippen LogP contribution in [-0.4, -0.2) is 57.8 Å². The van der Waals surface area contributed by atoms with Crippen molar-refractivity contribution in [2.45, 2.75) is 70.5 Å². The summed E-state index contributed by atoms with van der Waals surface area (Å²) in [6, 6.07) is 4.78. The molecule has 4 rings (SSSR count). The van der Waals surface area contributed by atoms with Crippen LogP contribution in [0.1, 0.15) is 63.1 Å². The second-order valence-corrected chi connectivity index (χ2v) is 8.31. The standard InChI is InChI=1S/C22H35N7O/c1-2-21-27-25-17-29(21)14-11-23-22(26-18-8-3-4-9-18)24-16-19(20-10-7-15-30-20)28-12-5-6-13-28/h7,10,15,17-19H,2-6,8-9,11-14,16H2,1H3,(H2,23,24,26). The van der Waals surface area contributed by atoms with Crippen LogP contribution in [0.4, 0.5) is 0 Å². The summed E-state index contributed by atoms with van der Waals surface area (Å²) in [4.78, 5) is 7.50. The molecule has 1 aliphatic carbocycles. The predicted molar refractivity (Wildman–Crippen MR) is 117 cm³/mol. The van der Waals surface area contributed by atoms with Crippen molar-refractivity contribution in [3.05, 3.63) is 36.3 Å². The Morgan fingerprint density at radius 2 is 2.10 bits per heavy atom. The number of aliphatic imine (C=N–C) groups is 1. The molecule has 8 heteroatoms. The molecule has 1 aliphatic heterocycles. The Bertz CT molecular complexity index is 773. The number of aromatic nitrogens is 3. The molecule has 2 fully saturated rings. The third-order valence-corrected chi connectivity index (χ3v) is 6.23. The molecule has 3 heterocycles. The van der Waals surface area contributed by atoms with Crippen molar-refractivity contribution in [1.82, 2.24) is 30.3 Å². The molecule has 164 valence electrons. The van der Waals surface area contributed by atoms with Gasteiger partial charge >= 0.3 is 0 Å². The van der Waals surface area contributed by atoms with Crippen LogP contribution in [0.2, 0.25) is 0 Å². The van der Waals surface area contributed by atoms with E-state index in [1.807, 2.05) is 12.4 Å². The fourth-order valence-electron chi connectivity index (χ4n) is 4.55. The topological polar surface area (TPSA) is 83.5 Å². The molecule has 0 bridgehead atoms. The van der Waals surface area contributed by atoms with Crippen LogP contribution < -0.4 is 10.6 Å². The number of nitrogens with zero attached hydrogens (tertiary/aromatic N) is 5. The summed E-state index contributed by atoms with van der Waals surface area (Å²) in [5.74, 6) is 2.94. The highest BCUT2D eigenvalue weighted by Crippen LogP contribution is 2.26. The molecule has 1 saturated carbocycles. The molecule has 0 aromatic carbocycles. The lowest BCUT2D eigenvalue weighted by atomic mass is 10.2. The number of hydrogen-bond acceptors (Lipinski definition) is 5. The normalized spacial score (nSPS) is 19.4. The van der Waals surface area contributed by atoms with E-state index in [4.69, 9.17) is 9.41 Å². The summed E-state index contributed by atoms with van der Waals surface area (Å²) in [6.45, 7) is 6.66. The first-order valence-corrected chi connectivity index (χ1v) is 11.5. The molecule has 2 aromatic heterocycles. The van der Waals surface area contributed by atoms with E-state index >= 15 is 0 Å². The zero-order valence-electron chi connectivity index (χ0n) is 18.1. The van der Waals surface area contributed by atoms with Gasteiger partial charge in [0.1, 0.15) is 17.9 Å². The highest BCUT2D eigenvalue weighted by Gasteiger charge is 2.25. The molecule has 0 spiro atoms. The van der Waals surface area contributed by atoms with E-state index in [1.165, 1.54) is 38.5 Å². The molecule has 2 N–H and O–H groups in total. The maximum absolute atomic E-state index is 5.76. The first-order chi connectivity index (χ1) is 14.8. The van der Waals surface area contributed by atoms with Crippen LogP contribution in [0.15, 0.2) is 34.1 Å². The zero-order valence-corrected chi connectivity index (χ0v) is 18.1. The molecule has 0 amide bonds. The SMILES string of the molecule is CCc1nncn1CCNC(=NCC(c1ccco1)N1CCCC1)NC1CCCC1. The van der Waals surface area contributed by atoms with Crippen molar-refractivity contribution in [3.63, 3.8) is 0 Å². The number of hydrogen-bond donors (Lipinski definition) is 2. The van der Waals surface area contributed by atoms with Gasteiger partial charge in [-0.2, -0.15) is 0 Å². The van der Waals surface area contributed by atoms with Gasteiger partial charge in [0, 0.05) is 25.6 Å². The fraction of sp³-hybridized carbons (Fsp3) is 0.682. The van der Waals surface area contributed by atoms with Crippen LogP contribution in [0, 0.1) is 0 Å². The predicted octanol–water partition coefficient (Wildman–Crippen LogP) is 2.75. The van der Waals surface area contributed by atoms with Crippen molar-refractivity contribution >= 4 is 5.96 Å². The Kier molecular flexibility index (Phi) is 7.39. The van der Waals surface area contributed by atoms with Gasteiger partial charge in [-0.15, -0.1) is 10.2 Å². The van der Waals surface area contributed by atoms with Crippen molar-refractivity contribution in [1.29, 1.82) is 0 Å². The molecular weight excluding hydrogens is 378 g/mol. The van der Waals surface area contributed by atoms with Gasteiger partial charge in [0.2, 0.25) is 0 Å². The monoisotopic (exact) mass is 413 g/mol. The number of rotatable bonds is 9. The fourth-order valence-corrected chi connectivity index (χ4v) is 4.55. The molecule has 0 radical (unpaired) electrons. The van der Waals surface area contributed by atoms with Crippen molar-refractivity contribution < 1.29 is 4.42 Å². The van der Waals surface area contributed by atoms with Gasteiger partial charge in [-0.1, -0.05) is 19.8 Å². The van der Waals surface area contributed by atoms with Crippen LogP contribution >= 0.6 is 0 Å². The smallest absolute Gasteiger partial charge is 0.191 e. The van der Waals surface area contributed by atoms with E-state index in [9.17, 15) is 0 Å². The molecular formula is C22H35N7O. The number of furan rings is 1. The Morgan fingerprint density at radius 1 is 1.27 bits per heavy atom. The van der Waals surface area contributed by atoms with Crippen molar-refractivity contribution in [2.75, 3.05) is 26.2 Å². The van der Waals surface area contributed by atoms with Gasteiger partial charge in [-0.25, -0.2) is 0 Å². The van der Waals surface area contributed by atoms with Gasteiger partial charge in [0.25, 0.3) is 0 Å². The van der Waals surface area contributed by atoms with Crippen LogP contribution in [-0.2, 0) is 13.0 Å². The third-order valence-electron chi connectivity index (χ3n) is 6.23. The van der Waals surface area contributed by atoms with Gasteiger partial charge in [0.05, 0.1) is 18.8 Å². The van der Waals surface area contributed by atoms with E-state index in [0.29, 0.717) is 12.6 Å². The lowest BCUT2D eigenvalue weighted by Gasteiger charge is -2.25. The summed E-state index contributed by atoms with van der Waals surface area (Å²) < 4.78 is 7.87. The third kappa shape index (κ3) is 5.41. The Hall–Kier alpha value is -2.35. The first-order valence-electron chi connectivity index (χ1n) is 11.5. The van der Waals surface area contributed by atoms with Crippen LogP contribution in [0.3, 0.4) is 0 Å². The highest BCUT2D eigenvalue weighted by molar-refractivity contribution is 5.80. The molecule has 1 saturated heterocycles. The lowest BCUT2D eigenvalue weighted by Crippen LogP contribution is -2.44. The summed E-state index contributed by atoms with van der Waals surface area (Å²) in [5.41, 5.74) is 0. The van der Waals surface area contributed by atoms with E-state index in [2.05, 4.69) is 43.3 Å². The maximum Gasteiger partial charge on any atom is 0.191 e. The van der Waals surface area contributed by atoms with Crippen molar-refractivity contribution in [3.8, 4) is 0 Å². The Labute approximate surface area is 179 Å². The molecule has 8 nitrogen and oxygen atoms in total. The summed E-state index contributed by atoms with van der Waals surface area (Å²) in [5, 5.41) is 15.4. The van der Waals surface area contributed by atoms with Crippen LogP contribution in [0.25, 0.3) is 0 Å². The summed E-state index contributed by atoms with van der Waals surface area (Å²) in [6.07, 6.45) is 12.0. The minimum Gasteiger partial charge on any atom is -0.468 e. The number of aryl methyl sites for hydroxylation is 1. The van der Waals surface area contributed by atoms with E-state index in [1.54, 1.807) is 6.26 Å². The number of nitrogens with one attached hydrogen (secondary N) is 2. The molecule has 30 heavy (non-hydrogen) atoms. The van der Waals surface area contributed by atoms with Crippen molar-refractivity contribution in [2.24, 2.45) is 4.99 Å². The van der Waals surface area contributed by atoms with Gasteiger partial charge in [-0.3, -0.25) is 9.89 Å². The van der Waals surface area contributed by atoms with Crippen LogP contribution in [0.5, 0.6) is 0 Å². The molecule has 1 unspecified atom stereocenters. The summed E-state index contributed by atoms with van der Waals surface area (Å²) >= 11 is 0. The first kappa shape index (κ1) is 20.9. The largest absolute Gasteiger partial charge is 0.468 e. The summed E-state index contributed by atoms with van der Waals surface area (Å²) in [7, 11) is 0. The molecule has 2 aromatic rings. The number of guanidine groups is 1. The second-order valence-electron chi connectivity index (χ2n) is 8.31. The Balaban J connectivity index is 1.41. The van der Waals surface area contributed by atoms with Gasteiger partial charge in [-0.05, 0) is 50.9 Å². The minimum absolute atomic E-state index is 0.203. The minimum atomic E-state index is 0.203. The quantitative estimate of drug-likeness (QED) is 0.486. The van der Waals surface area contributed by atoms with E-state index in [0.717, 1.165) is 50.1 Å². The lowest BCUT2D eigenvalue weighted by molar-refractivity contribution is 0.221. The van der Waals surface area contributed by atoms with Gasteiger partial charge in [0.15, 0.2) is 5.96 Å². The molecule has 1 atom stereocenters. The highest BCUT2D eigenvalue weighted by atomic mass is 16.3. The van der Waals surface area contributed by atoms with E-state index in [-0.39, 0.29) is 6.04 Å². The zero-order chi connectivity index (χ0) is 20.6. The second kappa shape index (κ2) is 10.6. The van der Waals surface area contributed by atoms with E-state index < -0.39 is 0 Å². The average molecular weight is 414 g/mol. The maximum atomic E-state index is 5.76.